The van der Waals surface area contributed by atoms with Crippen LogP contribution in [0, 0.1) is 0 Å². The van der Waals surface area contributed by atoms with Gasteiger partial charge in [-0.2, -0.15) is 0 Å². The molecule has 0 radical (unpaired) electrons. The lowest BCUT2D eigenvalue weighted by atomic mass is 10.2. The summed E-state index contributed by atoms with van der Waals surface area (Å²) in [4.78, 5) is 11.8. The Morgan fingerprint density at radius 1 is 1.37 bits per heavy atom. The van der Waals surface area contributed by atoms with Gasteiger partial charge in [0.1, 0.15) is 5.60 Å². The van der Waals surface area contributed by atoms with Crippen molar-refractivity contribution in [3.05, 3.63) is 20.5 Å². The van der Waals surface area contributed by atoms with Crippen LogP contribution in [0.1, 0.15) is 54.4 Å². The number of carbonyl (C=O) groups is 1. The second kappa shape index (κ2) is 8.69. The Hall–Kier alpha value is -0.420. The monoisotopic (exact) mass is 349 g/mol. The normalized spacial score (nSPS) is 12.1. The van der Waals surface area contributed by atoms with Crippen molar-refractivity contribution < 1.29 is 9.53 Å². The van der Waals surface area contributed by atoms with Crippen molar-refractivity contribution in [3.63, 3.8) is 0 Å². The van der Waals surface area contributed by atoms with Crippen LogP contribution in [0.4, 0.5) is 4.79 Å². The summed E-state index contributed by atoms with van der Waals surface area (Å²) >= 11 is 4.99. The molecule has 0 aliphatic carbocycles. The standard InChI is InChI=1S/C14H24BrNO2S/c1-7-8-9-11(15)19-12(10(2)3)16-13(17)18-14(4,5)6/h9H,7-8H2,1-6H3,(H,16,17)/b11-9+. The fourth-order valence-corrected chi connectivity index (χ4v) is 2.50. The van der Waals surface area contributed by atoms with Crippen LogP contribution < -0.4 is 5.32 Å². The molecule has 0 bridgehead atoms. The minimum absolute atomic E-state index is 0.424. The Balaban J connectivity index is 4.62. The molecule has 3 nitrogen and oxygen atoms in total. The minimum Gasteiger partial charge on any atom is -0.444 e. The molecule has 110 valence electrons. The van der Waals surface area contributed by atoms with E-state index in [1.54, 1.807) is 0 Å². The summed E-state index contributed by atoms with van der Waals surface area (Å²) < 4.78 is 6.25. The molecular formula is C14H24BrNO2S. The minimum atomic E-state index is -0.489. The Morgan fingerprint density at radius 2 is 1.95 bits per heavy atom. The van der Waals surface area contributed by atoms with Gasteiger partial charge in [0, 0.05) is 0 Å². The first kappa shape index (κ1) is 18.6. The first-order valence-corrected chi connectivity index (χ1v) is 7.97. The van der Waals surface area contributed by atoms with E-state index in [0.717, 1.165) is 27.3 Å². The van der Waals surface area contributed by atoms with Gasteiger partial charge in [0.05, 0.1) is 8.84 Å². The van der Waals surface area contributed by atoms with Crippen molar-refractivity contribution in [1.29, 1.82) is 0 Å². The van der Waals surface area contributed by atoms with Crippen molar-refractivity contribution in [1.82, 2.24) is 5.32 Å². The van der Waals surface area contributed by atoms with Gasteiger partial charge < -0.3 is 4.74 Å². The van der Waals surface area contributed by atoms with Gasteiger partial charge in [0.25, 0.3) is 0 Å². The first-order valence-electron chi connectivity index (χ1n) is 6.36. The summed E-state index contributed by atoms with van der Waals surface area (Å²) in [7, 11) is 0. The van der Waals surface area contributed by atoms with Crippen molar-refractivity contribution in [3.8, 4) is 0 Å². The van der Waals surface area contributed by atoms with E-state index in [1.165, 1.54) is 11.8 Å². The summed E-state index contributed by atoms with van der Waals surface area (Å²) in [5.41, 5.74) is 0.550. The number of carbonyl (C=O) groups excluding carboxylic acids is 1. The van der Waals surface area contributed by atoms with Crippen molar-refractivity contribution in [2.45, 2.75) is 60.0 Å². The van der Waals surface area contributed by atoms with E-state index in [2.05, 4.69) is 34.2 Å². The number of hydrogen-bond donors (Lipinski definition) is 1. The van der Waals surface area contributed by atoms with Crippen LogP contribution in [0.3, 0.4) is 0 Å². The molecule has 0 spiro atoms. The van der Waals surface area contributed by atoms with Crippen molar-refractivity contribution in [2.75, 3.05) is 0 Å². The molecule has 0 aromatic carbocycles. The molecule has 0 saturated heterocycles. The molecule has 0 unspecified atom stereocenters. The number of thioether (sulfide) groups is 1. The van der Waals surface area contributed by atoms with Gasteiger partial charge in [-0.1, -0.05) is 31.2 Å². The molecule has 1 amide bonds. The zero-order valence-corrected chi connectivity index (χ0v) is 15.0. The number of amides is 1. The predicted octanol–water partition coefficient (Wildman–Crippen LogP) is 5.53. The molecule has 0 heterocycles. The van der Waals surface area contributed by atoms with E-state index < -0.39 is 11.7 Å². The third-order valence-corrected chi connectivity index (χ3v) is 3.75. The van der Waals surface area contributed by atoms with E-state index in [0.29, 0.717) is 0 Å². The number of hydrogen-bond acceptors (Lipinski definition) is 3. The molecule has 1 N–H and O–H groups in total. The highest BCUT2D eigenvalue weighted by Crippen LogP contribution is 2.31. The van der Waals surface area contributed by atoms with Crippen molar-refractivity contribution >= 4 is 33.8 Å². The number of rotatable bonds is 5. The maximum Gasteiger partial charge on any atom is 0.412 e. The second-order valence-corrected chi connectivity index (χ2v) is 7.79. The molecule has 0 aromatic heterocycles. The van der Waals surface area contributed by atoms with Crippen LogP contribution in [-0.2, 0) is 4.74 Å². The number of unbranched alkanes of at least 4 members (excludes halogenated alkanes) is 1. The van der Waals surface area contributed by atoms with E-state index in [1.807, 2.05) is 34.6 Å². The van der Waals surface area contributed by atoms with Crippen LogP contribution in [0.25, 0.3) is 0 Å². The quantitative estimate of drug-likeness (QED) is 0.708. The Kier molecular flexibility index (Phi) is 8.50. The smallest absolute Gasteiger partial charge is 0.412 e. The summed E-state index contributed by atoms with van der Waals surface area (Å²) in [5, 5.41) is 3.59. The van der Waals surface area contributed by atoms with E-state index >= 15 is 0 Å². The van der Waals surface area contributed by atoms with Crippen LogP contribution in [-0.4, -0.2) is 11.7 Å². The van der Waals surface area contributed by atoms with Crippen LogP contribution in [0.2, 0.25) is 0 Å². The van der Waals surface area contributed by atoms with Crippen molar-refractivity contribution in [2.24, 2.45) is 0 Å². The van der Waals surface area contributed by atoms with Crippen LogP contribution in [0.15, 0.2) is 20.5 Å². The van der Waals surface area contributed by atoms with Gasteiger partial charge in [-0.3, -0.25) is 5.32 Å². The first-order chi connectivity index (χ1) is 8.65. The highest BCUT2D eigenvalue weighted by Gasteiger charge is 2.17. The Labute approximate surface area is 129 Å². The van der Waals surface area contributed by atoms with Gasteiger partial charge in [0.15, 0.2) is 0 Å². The van der Waals surface area contributed by atoms with Gasteiger partial charge in [-0.15, -0.1) is 0 Å². The molecule has 0 aromatic rings. The maximum atomic E-state index is 11.8. The van der Waals surface area contributed by atoms with E-state index in [4.69, 9.17) is 4.74 Å². The maximum absolute atomic E-state index is 11.8. The number of ether oxygens (including phenoxy) is 1. The third kappa shape index (κ3) is 10.1. The Bertz CT molecular complexity index is 366. The number of nitrogens with one attached hydrogen (secondary N) is 1. The molecule has 0 saturated carbocycles. The summed E-state index contributed by atoms with van der Waals surface area (Å²) in [5.74, 6) is 0. The average Bonchev–Trinajstić information content (AvgIpc) is 2.22. The van der Waals surface area contributed by atoms with Gasteiger partial charge in [-0.25, -0.2) is 4.79 Å². The third-order valence-electron chi connectivity index (χ3n) is 1.86. The van der Waals surface area contributed by atoms with Gasteiger partial charge in [-0.05, 0) is 62.5 Å². The molecular weight excluding hydrogens is 326 g/mol. The van der Waals surface area contributed by atoms with E-state index in [-0.39, 0.29) is 0 Å². The lowest BCUT2D eigenvalue weighted by Gasteiger charge is -2.20. The largest absolute Gasteiger partial charge is 0.444 e. The molecule has 0 aliphatic rings. The summed E-state index contributed by atoms with van der Waals surface area (Å²) in [6, 6.07) is 0. The van der Waals surface area contributed by atoms with E-state index in [9.17, 15) is 4.79 Å². The van der Waals surface area contributed by atoms with Gasteiger partial charge >= 0.3 is 6.09 Å². The highest BCUT2D eigenvalue weighted by molar-refractivity contribution is 9.14. The highest BCUT2D eigenvalue weighted by atomic mass is 79.9. The zero-order chi connectivity index (χ0) is 15.1. The predicted molar refractivity (Wildman–Crippen MR) is 87.3 cm³/mol. The fourth-order valence-electron chi connectivity index (χ4n) is 1.05. The fraction of sp³-hybridized carbons (Fsp3) is 0.643. The summed E-state index contributed by atoms with van der Waals surface area (Å²) in [6.45, 7) is 11.6. The molecule has 0 fully saturated rings. The molecule has 5 heteroatoms. The lowest BCUT2D eigenvalue weighted by Crippen LogP contribution is -2.31. The number of halogens is 1. The number of alkyl carbamates (subject to hydrolysis) is 1. The lowest BCUT2D eigenvalue weighted by molar-refractivity contribution is 0.0550. The Morgan fingerprint density at radius 3 is 2.37 bits per heavy atom. The van der Waals surface area contributed by atoms with Crippen LogP contribution in [0.5, 0.6) is 0 Å². The summed E-state index contributed by atoms with van der Waals surface area (Å²) in [6.07, 6.45) is 3.78. The van der Waals surface area contributed by atoms with Crippen LogP contribution >= 0.6 is 27.7 Å². The molecule has 0 atom stereocenters. The average molecular weight is 350 g/mol. The SMILES string of the molecule is CCC/C=C(\Br)SC(NC(=O)OC(C)(C)C)=C(C)C. The van der Waals surface area contributed by atoms with Gasteiger partial charge in [0.2, 0.25) is 0 Å². The molecule has 0 rings (SSSR count). The molecule has 0 aliphatic heterocycles. The molecule has 19 heavy (non-hydrogen) atoms. The topological polar surface area (TPSA) is 38.3 Å². The zero-order valence-electron chi connectivity index (χ0n) is 12.6. The second-order valence-electron chi connectivity index (χ2n) is 5.35. The number of allylic oxidation sites excluding steroid dienone is 2.